The summed E-state index contributed by atoms with van der Waals surface area (Å²) in [5.41, 5.74) is 9.42. The SMILES string of the molecule is Nc1cccc(/C=C/c2ccc(O)c(-c3cc(=O)cc[nH]3)c2)c1. The van der Waals surface area contributed by atoms with Crippen LogP contribution in [0.2, 0.25) is 0 Å². The molecule has 3 aromatic rings. The van der Waals surface area contributed by atoms with Crippen LogP contribution in [0.1, 0.15) is 11.1 Å². The van der Waals surface area contributed by atoms with Gasteiger partial charge in [0, 0.05) is 29.6 Å². The number of hydrogen-bond donors (Lipinski definition) is 3. The highest BCUT2D eigenvalue weighted by atomic mass is 16.3. The van der Waals surface area contributed by atoms with Crippen molar-refractivity contribution in [3.8, 4) is 17.0 Å². The summed E-state index contributed by atoms with van der Waals surface area (Å²) in [7, 11) is 0. The van der Waals surface area contributed by atoms with Gasteiger partial charge < -0.3 is 15.8 Å². The van der Waals surface area contributed by atoms with Gasteiger partial charge in [0.15, 0.2) is 5.43 Å². The van der Waals surface area contributed by atoms with Crippen LogP contribution in [0.25, 0.3) is 23.4 Å². The molecule has 2 aromatic carbocycles. The summed E-state index contributed by atoms with van der Waals surface area (Å²) in [6, 6.07) is 15.7. The molecule has 0 saturated heterocycles. The van der Waals surface area contributed by atoms with Crippen molar-refractivity contribution in [3.05, 3.63) is 82.1 Å². The van der Waals surface area contributed by atoms with Crippen LogP contribution in [-0.4, -0.2) is 10.1 Å². The van der Waals surface area contributed by atoms with Crippen molar-refractivity contribution in [2.45, 2.75) is 0 Å². The molecule has 0 aliphatic rings. The van der Waals surface area contributed by atoms with E-state index in [-0.39, 0.29) is 11.2 Å². The second-order valence-corrected chi connectivity index (χ2v) is 5.22. The predicted molar refractivity (Wildman–Crippen MR) is 93.9 cm³/mol. The second kappa shape index (κ2) is 6.23. The van der Waals surface area contributed by atoms with Gasteiger partial charge in [-0.05, 0) is 35.4 Å². The van der Waals surface area contributed by atoms with Crippen LogP contribution in [0.4, 0.5) is 5.69 Å². The van der Waals surface area contributed by atoms with E-state index in [4.69, 9.17) is 5.73 Å². The monoisotopic (exact) mass is 304 g/mol. The molecule has 114 valence electrons. The molecule has 1 heterocycles. The number of rotatable bonds is 3. The molecule has 0 aliphatic carbocycles. The first-order valence-corrected chi connectivity index (χ1v) is 7.17. The van der Waals surface area contributed by atoms with Crippen molar-refractivity contribution >= 4 is 17.8 Å². The van der Waals surface area contributed by atoms with Crippen LogP contribution >= 0.6 is 0 Å². The zero-order valence-electron chi connectivity index (χ0n) is 12.4. The van der Waals surface area contributed by atoms with Crippen LogP contribution in [0.5, 0.6) is 5.75 Å². The van der Waals surface area contributed by atoms with Crippen molar-refractivity contribution < 1.29 is 5.11 Å². The van der Waals surface area contributed by atoms with E-state index in [1.165, 1.54) is 12.1 Å². The number of aromatic amines is 1. The number of H-pyrrole nitrogens is 1. The summed E-state index contributed by atoms with van der Waals surface area (Å²) in [5, 5.41) is 10.0. The number of phenols is 1. The van der Waals surface area contributed by atoms with Gasteiger partial charge >= 0.3 is 0 Å². The molecular formula is C19H16N2O2. The third kappa shape index (κ3) is 3.49. The molecule has 0 atom stereocenters. The molecule has 0 unspecified atom stereocenters. The van der Waals surface area contributed by atoms with Crippen LogP contribution in [0.3, 0.4) is 0 Å². The Morgan fingerprint density at radius 3 is 2.48 bits per heavy atom. The van der Waals surface area contributed by atoms with E-state index in [2.05, 4.69) is 4.98 Å². The Morgan fingerprint density at radius 2 is 1.74 bits per heavy atom. The number of benzene rings is 2. The van der Waals surface area contributed by atoms with Crippen LogP contribution < -0.4 is 11.2 Å². The minimum absolute atomic E-state index is 0.112. The first-order chi connectivity index (χ1) is 11.1. The first-order valence-electron chi connectivity index (χ1n) is 7.17. The number of phenolic OH excluding ortho intramolecular Hbond substituents is 1. The fourth-order valence-electron chi connectivity index (χ4n) is 2.33. The van der Waals surface area contributed by atoms with Gasteiger partial charge in [-0.1, -0.05) is 30.4 Å². The van der Waals surface area contributed by atoms with Gasteiger partial charge in [-0.25, -0.2) is 0 Å². The lowest BCUT2D eigenvalue weighted by Crippen LogP contribution is -1.98. The van der Waals surface area contributed by atoms with Gasteiger partial charge in [0.05, 0.1) is 5.69 Å². The zero-order valence-corrected chi connectivity index (χ0v) is 12.4. The predicted octanol–water partition coefficient (Wildman–Crippen LogP) is 3.50. The van der Waals surface area contributed by atoms with Crippen molar-refractivity contribution in [1.82, 2.24) is 4.98 Å². The minimum Gasteiger partial charge on any atom is -0.507 e. The molecule has 0 amide bonds. The molecule has 0 aliphatic heterocycles. The lowest BCUT2D eigenvalue weighted by atomic mass is 10.0. The highest BCUT2D eigenvalue weighted by Gasteiger charge is 2.05. The summed E-state index contributed by atoms with van der Waals surface area (Å²) in [5.74, 6) is 0.118. The highest BCUT2D eigenvalue weighted by Crippen LogP contribution is 2.28. The van der Waals surface area contributed by atoms with Gasteiger partial charge in [-0.2, -0.15) is 0 Å². The molecule has 4 N–H and O–H groups in total. The second-order valence-electron chi connectivity index (χ2n) is 5.22. The van der Waals surface area contributed by atoms with Gasteiger partial charge in [-0.3, -0.25) is 4.79 Å². The number of nitrogen functional groups attached to an aromatic ring is 1. The summed E-state index contributed by atoms with van der Waals surface area (Å²) >= 11 is 0. The number of nitrogens with one attached hydrogen (secondary N) is 1. The van der Waals surface area contributed by atoms with E-state index >= 15 is 0 Å². The average Bonchev–Trinajstić information content (AvgIpc) is 2.54. The Kier molecular flexibility index (Phi) is 3.97. The Morgan fingerprint density at radius 1 is 0.957 bits per heavy atom. The highest BCUT2D eigenvalue weighted by molar-refractivity contribution is 5.76. The van der Waals surface area contributed by atoms with E-state index < -0.39 is 0 Å². The fraction of sp³-hybridized carbons (Fsp3) is 0. The third-order valence-corrected chi connectivity index (χ3v) is 3.46. The van der Waals surface area contributed by atoms with Gasteiger partial charge in [0.1, 0.15) is 5.75 Å². The third-order valence-electron chi connectivity index (χ3n) is 3.46. The van der Waals surface area contributed by atoms with Crippen molar-refractivity contribution in [2.24, 2.45) is 0 Å². The Hall–Kier alpha value is -3.27. The lowest BCUT2D eigenvalue weighted by molar-refractivity contribution is 0.477. The maximum absolute atomic E-state index is 11.5. The quantitative estimate of drug-likeness (QED) is 0.512. The van der Waals surface area contributed by atoms with E-state index in [9.17, 15) is 9.90 Å². The topological polar surface area (TPSA) is 79.1 Å². The minimum atomic E-state index is -0.112. The molecule has 0 radical (unpaired) electrons. The van der Waals surface area contributed by atoms with Crippen molar-refractivity contribution in [1.29, 1.82) is 0 Å². The maximum atomic E-state index is 11.5. The molecule has 3 rings (SSSR count). The average molecular weight is 304 g/mol. The smallest absolute Gasteiger partial charge is 0.182 e. The molecule has 1 aromatic heterocycles. The van der Waals surface area contributed by atoms with E-state index in [0.29, 0.717) is 16.9 Å². The number of anilines is 1. The van der Waals surface area contributed by atoms with Gasteiger partial charge in [0.2, 0.25) is 0 Å². The number of hydrogen-bond acceptors (Lipinski definition) is 3. The van der Waals surface area contributed by atoms with E-state index in [1.54, 1.807) is 12.3 Å². The first kappa shape index (κ1) is 14.7. The normalized spacial score (nSPS) is 11.0. The standard InChI is InChI=1S/C19H16N2O2/c20-15-3-1-2-13(10-15)4-5-14-6-7-19(23)17(11-14)18-12-16(22)8-9-21-18/h1-12,23H,20H2,(H,21,22)/b5-4+. The van der Waals surface area contributed by atoms with E-state index in [0.717, 1.165) is 11.1 Å². The maximum Gasteiger partial charge on any atom is 0.182 e. The molecule has 23 heavy (non-hydrogen) atoms. The van der Waals surface area contributed by atoms with Gasteiger partial charge in [-0.15, -0.1) is 0 Å². The number of aromatic hydroxyl groups is 1. The Bertz CT molecular complexity index is 926. The van der Waals surface area contributed by atoms with E-state index in [1.807, 2.05) is 48.6 Å². The lowest BCUT2D eigenvalue weighted by Gasteiger charge is -2.06. The number of nitrogens with two attached hydrogens (primary N) is 1. The molecule has 4 heteroatoms. The Labute approximate surface area is 133 Å². The molecule has 0 fully saturated rings. The van der Waals surface area contributed by atoms with Crippen LogP contribution in [0.15, 0.2) is 65.6 Å². The summed E-state index contributed by atoms with van der Waals surface area (Å²) in [6.45, 7) is 0. The molecule has 4 nitrogen and oxygen atoms in total. The Balaban J connectivity index is 1.96. The molecule has 0 spiro atoms. The number of aromatic nitrogens is 1. The summed E-state index contributed by atoms with van der Waals surface area (Å²) in [6.07, 6.45) is 5.44. The summed E-state index contributed by atoms with van der Waals surface area (Å²) < 4.78 is 0. The molecule has 0 bridgehead atoms. The number of pyridine rings is 1. The summed E-state index contributed by atoms with van der Waals surface area (Å²) in [4.78, 5) is 14.4. The van der Waals surface area contributed by atoms with Crippen LogP contribution in [0, 0.1) is 0 Å². The van der Waals surface area contributed by atoms with Gasteiger partial charge in [0.25, 0.3) is 0 Å². The van der Waals surface area contributed by atoms with Crippen molar-refractivity contribution in [2.75, 3.05) is 5.73 Å². The molecule has 0 saturated carbocycles. The van der Waals surface area contributed by atoms with Crippen molar-refractivity contribution in [3.63, 3.8) is 0 Å². The zero-order chi connectivity index (χ0) is 16.2. The van der Waals surface area contributed by atoms with Crippen LogP contribution in [-0.2, 0) is 0 Å². The molecular weight excluding hydrogens is 288 g/mol. The fourth-order valence-corrected chi connectivity index (χ4v) is 2.33. The largest absolute Gasteiger partial charge is 0.507 e.